The van der Waals surface area contributed by atoms with E-state index in [2.05, 4.69) is 5.32 Å². The van der Waals surface area contributed by atoms with E-state index in [9.17, 15) is 12.6 Å². The molecule has 0 bridgehead atoms. The number of sulfone groups is 1. The van der Waals surface area contributed by atoms with Gasteiger partial charge in [0.05, 0.1) is 10.6 Å². The normalized spacial score (nSPS) is 15.2. The van der Waals surface area contributed by atoms with Gasteiger partial charge in [0.15, 0.2) is 9.84 Å². The third kappa shape index (κ3) is 4.12. The average molecular weight is 275 g/mol. The molecule has 2 unspecified atom stereocenters. The molecule has 0 saturated heterocycles. The Balaban J connectivity index is 2.89. The first-order valence-electron chi connectivity index (χ1n) is 5.17. The van der Waals surface area contributed by atoms with Crippen LogP contribution in [0.4, 0.5) is 5.69 Å². The van der Waals surface area contributed by atoms with E-state index in [-0.39, 0.29) is 10.1 Å². The van der Waals surface area contributed by atoms with Crippen LogP contribution >= 0.6 is 0 Å². The first-order chi connectivity index (χ1) is 7.82. The van der Waals surface area contributed by atoms with Gasteiger partial charge < -0.3 is 5.32 Å². The third-order valence-electron chi connectivity index (χ3n) is 2.43. The lowest BCUT2D eigenvalue weighted by atomic mass is 10.3. The Labute approximate surface area is 105 Å². The Bertz CT molecular complexity index is 511. The van der Waals surface area contributed by atoms with Crippen LogP contribution in [0.5, 0.6) is 0 Å². The van der Waals surface area contributed by atoms with Crippen LogP contribution in [0.2, 0.25) is 0 Å². The highest BCUT2D eigenvalue weighted by Gasteiger charge is 2.13. The summed E-state index contributed by atoms with van der Waals surface area (Å²) in [6, 6.07) is 6.72. The molecule has 0 amide bonds. The summed E-state index contributed by atoms with van der Waals surface area (Å²) in [5, 5.41) is 3.00. The molecule has 0 spiro atoms. The summed E-state index contributed by atoms with van der Waals surface area (Å²) in [7, 11) is -4.16. The van der Waals surface area contributed by atoms with Gasteiger partial charge in [0, 0.05) is 35.1 Å². The molecule has 0 heterocycles. The van der Waals surface area contributed by atoms with E-state index in [1.54, 1.807) is 30.5 Å². The van der Waals surface area contributed by atoms with Crippen LogP contribution in [0.3, 0.4) is 0 Å². The van der Waals surface area contributed by atoms with Crippen molar-refractivity contribution in [3.8, 4) is 0 Å². The maximum atomic E-state index is 11.5. The molecule has 0 radical (unpaired) electrons. The number of anilines is 1. The third-order valence-corrected chi connectivity index (χ3v) is 4.89. The molecule has 1 aromatic carbocycles. The van der Waals surface area contributed by atoms with Gasteiger partial charge in [-0.05, 0) is 19.1 Å². The highest BCUT2D eigenvalue weighted by atomic mass is 32.2. The molecule has 2 atom stereocenters. The predicted octanol–water partition coefficient (Wildman–Crippen LogP) is 1.27. The van der Waals surface area contributed by atoms with Crippen LogP contribution < -0.4 is 5.32 Å². The zero-order valence-electron chi connectivity index (χ0n) is 10.1. The second-order valence-corrected chi connectivity index (χ2v) is 7.74. The molecule has 0 aliphatic carbocycles. The Morgan fingerprint density at radius 3 is 2.47 bits per heavy atom. The van der Waals surface area contributed by atoms with E-state index >= 15 is 0 Å². The van der Waals surface area contributed by atoms with Crippen molar-refractivity contribution in [2.75, 3.05) is 24.4 Å². The summed E-state index contributed by atoms with van der Waals surface area (Å²) in [4.78, 5) is 0.272. The number of para-hydroxylation sites is 1. The van der Waals surface area contributed by atoms with E-state index in [0.29, 0.717) is 12.2 Å². The fourth-order valence-corrected chi connectivity index (χ4v) is 2.49. The predicted molar refractivity (Wildman–Crippen MR) is 71.6 cm³/mol. The largest absolute Gasteiger partial charge is 0.383 e. The van der Waals surface area contributed by atoms with Crippen LogP contribution in [0.15, 0.2) is 29.2 Å². The zero-order valence-corrected chi connectivity index (χ0v) is 11.8. The van der Waals surface area contributed by atoms with E-state index in [4.69, 9.17) is 0 Å². The number of hydrogen-bond acceptors (Lipinski definition) is 4. The molecule has 0 aliphatic heterocycles. The smallest absolute Gasteiger partial charge is 0.177 e. The minimum absolute atomic E-state index is 0.0254. The fraction of sp³-hybridized carbons (Fsp3) is 0.455. The average Bonchev–Trinajstić information content (AvgIpc) is 2.24. The molecular formula is C11H17NO3S2. The lowest BCUT2D eigenvalue weighted by Crippen LogP contribution is -2.21. The van der Waals surface area contributed by atoms with Crippen molar-refractivity contribution in [2.45, 2.75) is 17.1 Å². The number of benzene rings is 1. The van der Waals surface area contributed by atoms with E-state index in [1.807, 2.05) is 6.92 Å². The summed E-state index contributed by atoms with van der Waals surface area (Å²) in [6.07, 6.45) is 2.81. The molecule has 6 heteroatoms. The van der Waals surface area contributed by atoms with Gasteiger partial charge in [0.1, 0.15) is 0 Å². The van der Waals surface area contributed by atoms with E-state index < -0.39 is 20.6 Å². The Hall–Kier alpha value is -0.880. The second-order valence-electron chi connectivity index (χ2n) is 3.96. The quantitative estimate of drug-likeness (QED) is 0.879. The van der Waals surface area contributed by atoms with Gasteiger partial charge >= 0.3 is 0 Å². The van der Waals surface area contributed by atoms with E-state index in [1.165, 1.54) is 6.26 Å². The molecule has 0 fully saturated rings. The van der Waals surface area contributed by atoms with Crippen molar-refractivity contribution < 1.29 is 12.6 Å². The first-order valence-corrected chi connectivity index (χ1v) is 8.69. The van der Waals surface area contributed by atoms with Gasteiger partial charge in [-0.15, -0.1) is 0 Å². The maximum absolute atomic E-state index is 11.5. The van der Waals surface area contributed by atoms with Crippen LogP contribution in [-0.4, -0.2) is 36.9 Å². The summed E-state index contributed by atoms with van der Waals surface area (Å²) in [5.74, 6) is 0. The van der Waals surface area contributed by atoms with Crippen LogP contribution in [0, 0.1) is 0 Å². The topological polar surface area (TPSA) is 63.2 Å². The summed E-state index contributed by atoms with van der Waals surface area (Å²) < 4.78 is 34.3. The molecule has 1 aromatic rings. The maximum Gasteiger partial charge on any atom is 0.177 e. The minimum Gasteiger partial charge on any atom is -0.383 e. The molecule has 0 saturated carbocycles. The molecule has 0 aromatic heterocycles. The van der Waals surface area contributed by atoms with Gasteiger partial charge in [-0.1, -0.05) is 12.1 Å². The summed E-state index contributed by atoms with van der Waals surface area (Å²) >= 11 is 0. The van der Waals surface area contributed by atoms with Gasteiger partial charge in [-0.25, -0.2) is 8.42 Å². The number of nitrogens with one attached hydrogen (secondary N) is 1. The molecule has 1 rings (SSSR count). The van der Waals surface area contributed by atoms with Gasteiger partial charge in [-0.2, -0.15) is 0 Å². The zero-order chi connectivity index (χ0) is 13.1. The molecule has 4 nitrogen and oxygen atoms in total. The van der Waals surface area contributed by atoms with Crippen molar-refractivity contribution >= 4 is 26.3 Å². The van der Waals surface area contributed by atoms with Gasteiger partial charge in [0.25, 0.3) is 0 Å². The molecule has 0 aliphatic rings. The van der Waals surface area contributed by atoms with Crippen molar-refractivity contribution in [1.29, 1.82) is 0 Å². The highest BCUT2D eigenvalue weighted by molar-refractivity contribution is 7.90. The monoisotopic (exact) mass is 275 g/mol. The number of hydrogen-bond donors (Lipinski definition) is 1. The van der Waals surface area contributed by atoms with Gasteiger partial charge in [-0.3, -0.25) is 4.21 Å². The standard InChI is InChI=1S/C11H17NO3S2/c1-9(16(2)13)8-12-10-6-4-5-7-11(10)17(3,14)15/h4-7,9,12H,8H2,1-3H3. The van der Waals surface area contributed by atoms with Crippen molar-refractivity contribution in [3.63, 3.8) is 0 Å². The summed E-state index contributed by atoms with van der Waals surface area (Å²) in [6.45, 7) is 2.34. The first kappa shape index (κ1) is 14.2. The molecule has 96 valence electrons. The molecular weight excluding hydrogens is 258 g/mol. The molecule has 1 N–H and O–H groups in total. The lowest BCUT2D eigenvalue weighted by Gasteiger charge is -2.13. The Morgan fingerprint density at radius 1 is 1.35 bits per heavy atom. The molecule has 17 heavy (non-hydrogen) atoms. The fourth-order valence-electron chi connectivity index (χ4n) is 1.31. The second kappa shape index (κ2) is 5.64. The Kier molecular flexibility index (Phi) is 4.70. The van der Waals surface area contributed by atoms with Crippen LogP contribution in [0.25, 0.3) is 0 Å². The van der Waals surface area contributed by atoms with Crippen molar-refractivity contribution in [3.05, 3.63) is 24.3 Å². The summed E-state index contributed by atoms with van der Waals surface area (Å²) in [5.41, 5.74) is 0.562. The van der Waals surface area contributed by atoms with E-state index in [0.717, 1.165) is 0 Å². The Morgan fingerprint density at radius 2 is 1.94 bits per heavy atom. The van der Waals surface area contributed by atoms with Crippen LogP contribution in [0.1, 0.15) is 6.92 Å². The minimum atomic E-state index is -3.24. The SMILES string of the molecule is CC(CNc1ccccc1S(C)(=O)=O)S(C)=O. The van der Waals surface area contributed by atoms with Gasteiger partial charge in [0.2, 0.25) is 0 Å². The van der Waals surface area contributed by atoms with Crippen molar-refractivity contribution in [2.24, 2.45) is 0 Å². The lowest BCUT2D eigenvalue weighted by molar-refractivity contribution is 0.602. The van der Waals surface area contributed by atoms with Crippen LogP contribution in [-0.2, 0) is 20.6 Å². The number of rotatable bonds is 5. The highest BCUT2D eigenvalue weighted by Crippen LogP contribution is 2.20. The van der Waals surface area contributed by atoms with Crippen molar-refractivity contribution in [1.82, 2.24) is 0 Å².